The SMILES string of the molecule is CS(=O)(=O)OCc1c(Cl)cc(Cl)cc1Cl. The van der Waals surface area contributed by atoms with Gasteiger partial charge in [0, 0.05) is 20.6 Å². The van der Waals surface area contributed by atoms with Crippen molar-refractivity contribution >= 4 is 44.9 Å². The molecule has 0 atom stereocenters. The van der Waals surface area contributed by atoms with Gasteiger partial charge in [-0.15, -0.1) is 0 Å². The van der Waals surface area contributed by atoms with Crippen molar-refractivity contribution in [3.63, 3.8) is 0 Å². The molecule has 0 heterocycles. The van der Waals surface area contributed by atoms with E-state index >= 15 is 0 Å². The van der Waals surface area contributed by atoms with Crippen LogP contribution in [0.25, 0.3) is 0 Å². The minimum Gasteiger partial charge on any atom is -0.265 e. The monoisotopic (exact) mass is 288 g/mol. The first-order chi connectivity index (χ1) is 6.79. The zero-order valence-corrected chi connectivity index (χ0v) is 10.7. The van der Waals surface area contributed by atoms with Crippen LogP contribution in [0.3, 0.4) is 0 Å². The maximum absolute atomic E-state index is 10.8. The summed E-state index contributed by atoms with van der Waals surface area (Å²) in [7, 11) is -3.52. The predicted octanol–water partition coefficient (Wildman–Crippen LogP) is 3.12. The van der Waals surface area contributed by atoms with Gasteiger partial charge in [0.2, 0.25) is 0 Å². The third kappa shape index (κ3) is 4.17. The molecule has 15 heavy (non-hydrogen) atoms. The number of halogens is 3. The predicted molar refractivity (Wildman–Crippen MR) is 61.1 cm³/mol. The summed E-state index contributed by atoms with van der Waals surface area (Å²) in [5, 5.41) is 0.931. The first-order valence-corrected chi connectivity index (χ1v) is 6.72. The summed E-state index contributed by atoms with van der Waals surface area (Å²) in [5.74, 6) is 0. The zero-order chi connectivity index (χ0) is 11.6. The Morgan fingerprint density at radius 1 is 1.20 bits per heavy atom. The van der Waals surface area contributed by atoms with Crippen LogP contribution in [0, 0.1) is 0 Å². The second-order valence-electron chi connectivity index (χ2n) is 2.81. The van der Waals surface area contributed by atoms with Gasteiger partial charge in [-0.2, -0.15) is 8.42 Å². The van der Waals surface area contributed by atoms with E-state index in [4.69, 9.17) is 34.8 Å². The van der Waals surface area contributed by atoms with E-state index in [1.54, 1.807) is 0 Å². The molecule has 0 unspecified atom stereocenters. The van der Waals surface area contributed by atoms with Crippen molar-refractivity contribution in [2.24, 2.45) is 0 Å². The number of hydrogen-bond acceptors (Lipinski definition) is 3. The Bertz CT molecular complexity index is 447. The summed E-state index contributed by atoms with van der Waals surface area (Å²) in [4.78, 5) is 0. The van der Waals surface area contributed by atoms with E-state index in [1.807, 2.05) is 0 Å². The molecule has 0 amide bonds. The Balaban J connectivity index is 2.96. The average molecular weight is 290 g/mol. The summed E-state index contributed by atoms with van der Waals surface area (Å²) in [6.45, 7) is -0.201. The van der Waals surface area contributed by atoms with E-state index in [2.05, 4.69) is 4.18 Å². The minimum atomic E-state index is -3.52. The largest absolute Gasteiger partial charge is 0.265 e. The highest BCUT2D eigenvalue weighted by molar-refractivity contribution is 7.85. The molecule has 0 bridgehead atoms. The first-order valence-electron chi connectivity index (χ1n) is 3.77. The molecule has 0 aliphatic rings. The van der Waals surface area contributed by atoms with Crippen LogP contribution < -0.4 is 0 Å². The summed E-state index contributed by atoms with van der Waals surface area (Å²) in [5.41, 5.74) is 0.396. The van der Waals surface area contributed by atoms with Crippen molar-refractivity contribution in [3.8, 4) is 0 Å². The Hall–Kier alpha value is -0.000000000000000167. The first kappa shape index (κ1) is 13.1. The van der Waals surface area contributed by atoms with E-state index in [1.165, 1.54) is 12.1 Å². The zero-order valence-electron chi connectivity index (χ0n) is 7.63. The van der Waals surface area contributed by atoms with E-state index in [9.17, 15) is 8.42 Å². The fraction of sp³-hybridized carbons (Fsp3) is 0.250. The third-order valence-electron chi connectivity index (χ3n) is 1.52. The van der Waals surface area contributed by atoms with Gasteiger partial charge < -0.3 is 0 Å². The molecule has 1 rings (SSSR count). The average Bonchev–Trinajstić information content (AvgIpc) is 1.99. The van der Waals surface area contributed by atoms with Crippen molar-refractivity contribution in [2.75, 3.05) is 6.26 Å². The molecule has 1 aromatic rings. The van der Waals surface area contributed by atoms with Crippen LogP contribution in [0.2, 0.25) is 15.1 Å². The minimum absolute atomic E-state index is 0.201. The number of rotatable bonds is 3. The van der Waals surface area contributed by atoms with Gasteiger partial charge in [0.05, 0.1) is 12.9 Å². The highest BCUT2D eigenvalue weighted by atomic mass is 35.5. The second kappa shape index (κ2) is 4.89. The molecule has 7 heteroatoms. The molecule has 0 radical (unpaired) electrons. The topological polar surface area (TPSA) is 43.4 Å². The molecule has 0 aliphatic carbocycles. The van der Waals surface area contributed by atoms with Crippen molar-refractivity contribution in [1.29, 1.82) is 0 Å². The van der Waals surface area contributed by atoms with E-state index in [0.717, 1.165) is 6.26 Å². The maximum atomic E-state index is 10.8. The van der Waals surface area contributed by atoms with Crippen LogP contribution in [-0.4, -0.2) is 14.7 Å². The third-order valence-corrected chi connectivity index (χ3v) is 2.96. The van der Waals surface area contributed by atoms with E-state index in [0.29, 0.717) is 10.6 Å². The fourth-order valence-corrected chi connectivity index (χ4v) is 2.13. The Labute approximate surface area is 103 Å². The van der Waals surface area contributed by atoms with Crippen LogP contribution in [0.1, 0.15) is 5.56 Å². The van der Waals surface area contributed by atoms with Crippen LogP contribution in [-0.2, 0) is 20.9 Å². The quantitative estimate of drug-likeness (QED) is 0.803. The molecule has 0 aliphatic heterocycles. The Morgan fingerprint density at radius 2 is 1.67 bits per heavy atom. The Morgan fingerprint density at radius 3 is 2.07 bits per heavy atom. The molecule has 3 nitrogen and oxygen atoms in total. The van der Waals surface area contributed by atoms with Crippen molar-refractivity contribution in [2.45, 2.75) is 6.61 Å². The summed E-state index contributed by atoms with van der Waals surface area (Å²) in [6, 6.07) is 2.94. The molecular weight excluding hydrogens is 283 g/mol. The van der Waals surface area contributed by atoms with Crippen molar-refractivity contribution in [1.82, 2.24) is 0 Å². The molecule has 0 spiro atoms. The van der Waals surface area contributed by atoms with Crippen LogP contribution in [0.5, 0.6) is 0 Å². The Kier molecular flexibility index (Phi) is 4.26. The van der Waals surface area contributed by atoms with Crippen LogP contribution in [0.15, 0.2) is 12.1 Å². The van der Waals surface area contributed by atoms with Gasteiger partial charge in [-0.3, -0.25) is 4.18 Å². The lowest BCUT2D eigenvalue weighted by atomic mass is 10.2. The molecule has 0 fully saturated rings. The van der Waals surface area contributed by atoms with E-state index in [-0.39, 0.29) is 16.7 Å². The molecule has 1 aromatic carbocycles. The lowest BCUT2D eigenvalue weighted by molar-refractivity contribution is 0.312. The lowest BCUT2D eigenvalue weighted by Crippen LogP contribution is -2.03. The lowest BCUT2D eigenvalue weighted by Gasteiger charge is -2.07. The van der Waals surface area contributed by atoms with Gasteiger partial charge in [-0.1, -0.05) is 34.8 Å². The standard InChI is InChI=1S/C8H7Cl3O3S/c1-15(12,13)14-4-6-7(10)2-5(9)3-8(6)11/h2-3H,4H2,1H3. The van der Waals surface area contributed by atoms with Crippen LogP contribution in [0.4, 0.5) is 0 Å². The van der Waals surface area contributed by atoms with Gasteiger partial charge in [-0.05, 0) is 12.1 Å². The van der Waals surface area contributed by atoms with Gasteiger partial charge in [0.25, 0.3) is 10.1 Å². The normalized spacial score (nSPS) is 11.7. The van der Waals surface area contributed by atoms with E-state index < -0.39 is 10.1 Å². The molecule has 0 saturated carbocycles. The van der Waals surface area contributed by atoms with Gasteiger partial charge in [0.15, 0.2) is 0 Å². The summed E-state index contributed by atoms with van der Waals surface area (Å²) < 4.78 is 26.1. The molecule has 0 N–H and O–H groups in total. The fourth-order valence-electron chi connectivity index (χ4n) is 0.876. The molecule has 0 saturated heterocycles. The molecule has 0 aromatic heterocycles. The van der Waals surface area contributed by atoms with Crippen molar-refractivity contribution in [3.05, 3.63) is 32.8 Å². The van der Waals surface area contributed by atoms with Crippen molar-refractivity contribution < 1.29 is 12.6 Å². The second-order valence-corrected chi connectivity index (χ2v) is 5.71. The highest BCUT2D eigenvalue weighted by Gasteiger charge is 2.10. The smallest absolute Gasteiger partial charge is 0.264 e. The number of hydrogen-bond donors (Lipinski definition) is 0. The van der Waals surface area contributed by atoms with Crippen LogP contribution >= 0.6 is 34.8 Å². The van der Waals surface area contributed by atoms with Gasteiger partial charge in [-0.25, -0.2) is 0 Å². The molecule has 84 valence electrons. The highest BCUT2D eigenvalue weighted by Crippen LogP contribution is 2.29. The van der Waals surface area contributed by atoms with Gasteiger partial charge >= 0.3 is 0 Å². The van der Waals surface area contributed by atoms with Gasteiger partial charge in [0.1, 0.15) is 0 Å². The maximum Gasteiger partial charge on any atom is 0.264 e. The summed E-state index contributed by atoms with van der Waals surface area (Å²) in [6.07, 6.45) is 0.949. The molecular formula is C8H7Cl3O3S. The number of benzene rings is 1. The summed E-state index contributed by atoms with van der Waals surface area (Å²) >= 11 is 17.3.